The molecule has 2 aromatic carbocycles. The Morgan fingerprint density at radius 2 is 1.89 bits per heavy atom. The second-order valence-electron chi connectivity index (χ2n) is 6.16. The number of aryl methyl sites for hydroxylation is 1. The van der Waals surface area contributed by atoms with Crippen molar-refractivity contribution < 1.29 is 18.5 Å². The molecule has 0 radical (unpaired) electrons. The number of rotatable bonds is 5. The summed E-state index contributed by atoms with van der Waals surface area (Å²) in [5.74, 6) is -2.35. The van der Waals surface area contributed by atoms with Gasteiger partial charge in [-0.3, -0.25) is 19.6 Å². The molecule has 7 nitrogen and oxygen atoms in total. The van der Waals surface area contributed by atoms with E-state index in [0.717, 1.165) is 6.07 Å². The maximum absolute atomic E-state index is 14.4. The van der Waals surface area contributed by atoms with Gasteiger partial charge in [-0.2, -0.15) is 5.10 Å². The molecule has 1 heterocycles. The molecule has 0 aliphatic heterocycles. The summed E-state index contributed by atoms with van der Waals surface area (Å²) in [5, 5.41) is 17.5. The highest BCUT2D eigenvalue weighted by molar-refractivity contribution is 5.95. The van der Waals surface area contributed by atoms with Crippen LogP contribution in [0.1, 0.15) is 11.4 Å². The van der Waals surface area contributed by atoms with E-state index in [-0.39, 0.29) is 34.9 Å². The molecule has 144 valence electrons. The number of nitrogens with zero attached hydrogens (tertiary/aromatic N) is 3. The fourth-order valence-corrected chi connectivity index (χ4v) is 2.97. The smallest absolute Gasteiger partial charge is 0.312 e. The van der Waals surface area contributed by atoms with Crippen LogP contribution in [0.15, 0.2) is 42.5 Å². The number of hydrogen-bond donors (Lipinski definition) is 1. The fraction of sp³-hybridized carbons (Fsp3) is 0.158. The molecule has 0 spiro atoms. The summed E-state index contributed by atoms with van der Waals surface area (Å²) in [6, 6.07) is 10.3. The van der Waals surface area contributed by atoms with Crippen molar-refractivity contribution in [3.63, 3.8) is 0 Å². The maximum Gasteiger partial charge on any atom is 0.312 e. The monoisotopic (exact) mass is 386 g/mol. The van der Waals surface area contributed by atoms with Gasteiger partial charge in [0, 0.05) is 11.6 Å². The van der Waals surface area contributed by atoms with Gasteiger partial charge in [-0.1, -0.05) is 30.3 Å². The van der Waals surface area contributed by atoms with Crippen LogP contribution in [0, 0.1) is 35.6 Å². The highest BCUT2D eigenvalue weighted by atomic mass is 19.1. The molecule has 0 saturated carbocycles. The Morgan fingerprint density at radius 3 is 2.50 bits per heavy atom. The molecule has 9 heteroatoms. The zero-order valence-electron chi connectivity index (χ0n) is 15.1. The highest BCUT2D eigenvalue weighted by Crippen LogP contribution is 2.31. The van der Waals surface area contributed by atoms with Crippen LogP contribution in [0.3, 0.4) is 0 Å². The summed E-state index contributed by atoms with van der Waals surface area (Å²) < 4.78 is 29.3. The Bertz CT molecular complexity index is 1060. The second kappa shape index (κ2) is 7.55. The molecule has 1 amide bonds. The Labute approximate surface area is 158 Å². The van der Waals surface area contributed by atoms with Crippen molar-refractivity contribution in [3.8, 4) is 11.1 Å². The minimum atomic E-state index is -0.924. The maximum atomic E-state index is 14.4. The minimum Gasteiger partial charge on any atom is -0.321 e. The summed E-state index contributed by atoms with van der Waals surface area (Å²) in [4.78, 5) is 23.0. The molecule has 0 unspecified atom stereocenters. The minimum absolute atomic E-state index is 0.173. The topological polar surface area (TPSA) is 90.1 Å². The summed E-state index contributed by atoms with van der Waals surface area (Å²) in [6.45, 7) is 2.58. The first-order valence-electron chi connectivity index (χ1n) is 8.30. The molecule has 0 aliphatic rings. The highest BCUT2D eigenvalue weighted by Gasteiger charge is 2.23. The quantitative estimate of drug-likeness (QED) is 0.530. The van der Waals surface area contributed by atoms with Gasteiger partial charge in [-0.15, -0.1) is 0 Å². The van der Waals surface area contributed by atoms with Crippen LogP contribution < -0.4 is 5.32 Å². The number of nitrogens with one attached hydrogen (secondary N) is 1. The van der Waals surface area contributed by atoms with Crippen LogP contribution >= 0.6 is 0 Å². The van der Waals surface area contributed by atoms with Gasteiger partial charge in [0.15, 0.2) is 0 Å². The van der Waals surface area contributed by atoms with Gasteiger partial charge in [-0.25, -0.2) is 8.78 Å². The SMILES string of the molecule is Cc1nn(CC(=O)Nc2c(F)cc(F)cc2-c2ccccc2)c(C)c1[N+](=O)[O-]. The zero-order valence-corrected chi connectivity index (χ0v) is 15.1. The molecular formula is C19H16F2N4O3. The molecule has 0 bridgehead atoms. The average Bonchev–Trinajstić information content (AvgIpc) is 2.91. The van der Waals surface area contributed by atoms with Crippen LogP contribution in [0.2, 0.25) is 0 Å². The Kier molecular flexibility index (Phi) is 5.16. The third-order valence-corrected chi connectivity index (χ3v) is 4.22. The summed E-state index contributed by atoms with van der Waals surface area (Å²) >= 11 is 0. The molecule has 0 atom stereocenters. The standard InChI is InChI=1S/C19H16F2N4O3/c1-11-19(25(27)28)12(2)24(23-11)10-17(26)22-18-15(8-14(20)9-16(18)21)13-6-4-3-5-7-13/h3-9H,10H2,1-2H3,(H,22,26). The first-order valence-corrected chi connectivity index (χ1v) is 8.30. The van der Waals surface area contributed by atoms with E-state index >= 15 is 0 Å². The van der Waals surface area contributed by atoms with Crippen molar-refractivity contribution in [1.82, 2.24) is 9.78 Å². The number of anilines is 1. The Balaban J connectivity index is 1.91. The summed E-state index contributed by atoms with van der Waals surface area (Å²) in [6.07, 6.45) is 0. The van der Waals surface area contributed by atoms with E-state index in [1.54, 1.807) is 30.3 Å². The zero-order chi connectivity index (χ0) is 20.4. The van der Waals surface area contributed by atoms with Gasteiger partial charge in [0.05, 0.1) is 10.6 Å². The lowest BCUT2D eigenvalue weighted by atomic mass is 10.0. The predicted molar refractivity (Wildman–Crippen MR) is 98.8 cm³/mol. The largest absolute Gasteiger partial charge is 0.321 e. The van der Waals surface area contributed by atoms with Crippen LogP contribution in [-0.4, -0.2) is 20.6 Å². The van der Waals surface area contributed by atoms with Crippen molar-refractivity contribution in [3.05, 3.63) is 75.6 Å². The molecule has 1 N–H and O–H groups in total. The van der Waals surface area contributed by atoms with Crippen LogP contribution in [0.4, 0.5) is 20.2 Å². The Morgan fingerprint density at radius 1 is 1.21 bits per heavy atom. The molecule has 0 fully saturated rings. The predicted octanol–water partition coefficient (Wildman–Crippen LogP) is 3.99. The number of amides is 1. The van der Waals surface area contributed by atoms with E-state index in [2.05, 4.69) is 10.4 Å². The van der Waals surface area contributed by atoms with Gasteiger partial charge in [0.1, 0.15) is 29.6 Å². The van der Waals surface area contributed by atoms with Crippen molar-refractivity contribution >= 4 is 17.3 Å². The van der Waals surface area contributed by atoms with Gasteiger partial charge in [0.25, 0.3) is 0 Å². The van der Waals surface area contributed by atoms with Crippen molar-refractivity contribution in [2.45, 2.75) is 20.4 Å². The van der Waals surface area contributed by atoms with Crippen molar-refractivity contribution in [2.24, 2.45) is 0 Å². The van der Waals surface area contributed by atoms with E-state index in [1.807, 2.05) is 0 Å². The second-order valence-corrected chi connectivity index (χ2v) is 6.16. The average molecular weight is 386 g/mol. The van der Waals surface area contributed by atoms with Gasteiger partial charge < -0.3 is 5.32 Å². The first kappa shape index (κ1) is 19.2. The molecular weight excluding hydrogens is 370 g/mol. The number of benzene rings is 2. The van der Waals surface area contributed by atoms with Gasteiger partial charge >= 0.3 is 5.69 Å². The summed E-state index contributed by atoms with van der Waals surface area (Å²) in [7, 11) is 0. The lowest BCUT2D eigenvalue weighted by Gasteiger charge is -2.13. The molecule has 3 aromatic rings. The van der Waals surface area contributed by atoms with E-state index in [4.69, 9.17) is 0 Å². The van der Waals surface area contributed by atoms with E-state index in [1.165, 1.54) is 18.5 Å². The number of carbonyl (C=O) groups is 1. The third kappa shape index (κ3) is 3.73. The number of aromatic nitrogens is 2. The van der Waals surface area contributed by atoms with E-state index in [0.29, 0.717) is 11.6 Å². The first-order chi connectivity index (χ1) is 13.3. The lowest BCUT2D eigenvalue weighted by Crippen LogP contribution is -2.21. The molecule has 0 aliphatic carbocycles. The van der Waals surface area contributed by atoms with E-state index < -0.39 is 22.5 Å². The number of nitro groups is 1. The van der Waals surface area contributed by atoms with Crippen LogP contribution in [0.5, 0.6) is 0 Å². The van der Waals surface area contributed by atoms with Gasteiger partial charge in [-0.05, 0) is 25.5 Å². The van der Waals surface area contributed by atoms with Crippen molar-refractivity contribution in [2.75, 3.05) is 5.32 Å². The van der Waals surface area contributed by atoms with Crippen molar-refractivity contribution in [1.29, 1.82) is 0 Å². The van der Waals surface area contributed by atoms with Crippen LogP contribution in [0.25, 0.3) is 11.1 Å². The molecule has 28 heavy (non-hydrogen) atoms. The number of halogens is 2. The van der Waals surface area contributed by atoms with E-state index in [9.17, 15) is 23.7 Å². The third-order valence-electron chi connectivity index (χ3n) is 4.22. The fourth-order valence-electron chi connectivity index (χ4n) is 2.97. The normalized spacial score (nSPS) is 10.7. The molecule has 1 aromatic heterocycles. The Hall–Kier alpha value is -3.62. The van der Waals surface area contributed by atoms with Gasteiger partial charge in [0.2, 0.25) is 5.91 Å². The summed E-state index contributed by atoms with van der Waals surface area (Å²) in [5.41, 5.74) is 0.747. The number of hydrogen-bond acceptors (Lipinski definition) is 4. The lowest BCUT2D eigenvalue weighted by molar-refractivity contribution is -0.386. The molecule has 3 rings (SSSR count). The van der Waals surface area contributed by atoms with Crippen LogP contribution in [-0.2, 0) is 11.3 Å². The number of carbonyl (C=O) groups excluding carboxylic acids is 1. The molecule has 0 saturated heterocycles.